The maximum atomic E-state index is 12.0. The van der Waals surface area contributed by atoms with E-state index in [0.717, 1.165) is 25.7 Å². The first-order valence-electron chi connectivity index (χ1n) is 7.86. The number of carboxylic acids is 1. The molecule has 2 fully saturated rings. The van der Waals surface area contributed by atoms with E-state index in [-0.39, 0.29) is 12.5 Å². The van der Waals surface area contributed by atoms with Gasteiger partial charge in [0.1, 0.15) is 6.04 Å². The normalized spacial score (nSPS) is 28.4. The highest BCUT2D eigenvalue weighted by molar-refractivity contribution is 5.80. The number of amides is 1. The molecule has 0 aromatic rings. The third-order valence-electron chi connectivity index (χ3n) is 4.75. The molecule has 1 aliphatic carbocycles. The predicted molar refractivity (Wildman–Crippen MR) is 76.4 cm³/mol. The smallest absolute Gasteiger partial charge is 0.320 e. The molecule has 0 aromatic heterocycles. The summed E-state index contributed by atoms with van der Waals surface area (Å²) in [6.45, 7) is 3.05. The second-order valence-electron chi connectivity index (χ2n) is 6.17. The van der Waals surface area contributed by atoms with Gasteiger partial charge in [-0.25, -0.2) is 0 Å². The van der Waals surface area contributed by atoms with E-state index in [1.807, 2.05) is 4.90 Å². The van der Waals surface area contributed by atoms with E-state index >= 15 is 0 Å². The number of carboxylic acid groups (broad SMARTS) is 1. The summed E-state index contributed by atoms with van der Waals surface area (Å²) in [4.78, 5) is 25.3. The average molecular weight is 282 g/mol. The van der Waals surface area contributed by atoms with Crippen molar-refractivity contribution in [3.8, 4) is 0 Å². The third kappa shape index (κ3) is 3.95. The molecular weight excluding hydrogens is 256 g/mol. The predicted octanol–water partition coefficient (Wildman–Crippen LogP) is 1.62. The van der Waals surface area contributed by atoms with Crippen LogP contribution in [0.15, 0.2) is 0 Å². The summed E-state index contributed by atoms with van der Waals surface area (Å²) < 4.78 is 0. The summed E-state index contributed by atoms with van der Waals surface area (Å²) in [5.74, 6) is -0.333. The molecule has 5 heteroatoms. The fourth-order valence-electron chi connectivity index (χ4n) is 3.43. The largest absolute Gasteiger partial charge is 0.480 e. The van der Waals surface area contributed by atoms with E-state index in [1.54, 1.807) is 0 Å². The van der Waals surface area contributed by atoms with Crippen molar-refractivity contribution < 1.29 is 14.7 Å². The number of carbonyl (C=O) groups excluding carboxylic acids is 1. The van der Waals surface area contributed by atoms with Gasteiger partial charge in [0.25, 0.3) is 0 Å². The summed E-state index contributed by atoms with van der Waals surface area (Å²) in [5, 5.41) is 12.4. The molecule has 20 heavy (non-hydrogen) atoms. The van der Waals surface area contributed by atoms with Gasteiger partial charge in [0.15, 0.2) is 0 Å². The Morgan fingerprint density at radius 3 is 2.55 bits per heavy atom. The molecule has 0 bridgehead atoms. The van der Waals surface area contributed by atoms with Gasteiger partial charge in [-0.1, -0.05) is 26.2 Å². The molecule has 0 spiro atoms. The van der Waals surface area contributed by atoms with E-state index in [2.05, 4.69) is 12.2 Å². The van der Waals surface area contributed by atoms with E-state index in [4.69, 9.17) is 0 Å². The van der Waals surface area contributed by atoms with Crippen LogP contribution in [0.4, 0.5) is 0 Å². The standard InChI is InChI=1S/C15H26N2O3/c1-2-11-7-8-17(13(9-11)15(19)20)10-14(18)16-12-5-3-4-6-12/h11-13H,2-10H2,1H3,(H,16,18)(H,19,20). The first-order chi connectivity index (χ1) is 9.60. The van der Waals surface area contributed by atoms with Gasteiger partial charge in [0.2, 0.25) is 5.91 Å². The van der Waals surface area contributed by atoms with Gasteiger partial charge in [-0.15, -0.1) is 0 Å². The van der Waals surface area contributed by atoms with Gasteiger partial charge in [0, 0.05) is 6.04 Å². The number of nitrogens with zero attached hydrogens (tertiary/aromatic N) is 1. The number of piperidine rings is 1. The molecule has 2 atom stereocenters. The molecule has 5 nitrogen and oxygen atoms in total. The molecule has 2 N–H and O–H groups in total. The van der Waals surface area contributed by atoms with Crippen molar-refractivity contribution in [1.29, 1.82) is 0 Å². The van der Waals surface area contributed by atoms with Crippen molar-refractivity contribution in [1.82, 2.24) is 10.2 Å². The molecule has 1 saturated heterocycles. The third-order valence-corrected chi connectivity index (χ3v) is 4.75. The quantitative estimate of drug-likeness (QED) is 0.804. The average Bonchev–Trinajstić information content (AvgIpc) is 2.91. The first kappa shape index (κ1) is 15.3. The first-order valence-corrected chi connectivity index (χ1v) is 7.86. The Morgan fingerprint density at radius 1 is 1.25 bits per heavy atom. The van der Waals surface area contributed by atoms with Gasteiger partial charge < -0.3 is 10.4 Å². The van der Waals surface area contributed by atoms with Crippen molar-refractivity contribution in [2.45, 2.75) is 64.0 Å². The Bertz CT molecular complexity index is 353. The second-order valence-corrected chi connectivity index (χ2v) is 6.17. The minimum absolute atomic E-state index is 0.0156. The monoisotopic (exact) mass is 282 g/mol. The zero-order valence-corrected chi connectivity index (χ0v) is 12.3. The second kappa shape index (κ2) is 7.07. The number of hydrogen-bond acceptors (Lipinski definition) is 3. The lowest BCUT2D eigenvalue weighted by Crippen LogP contribution is -2.51. The van der Waals surface area contributed by atoms with Crippen molar-refractivity contribution in [2.75, 3.05) is 13.1 Å². The molecule has 1 saturated carbocycles. The van der Waals surface area contributed by atoms with Crippen molar-refractivity contribution in [3.05, 3.63) is 0 Å². The Morgan fingerprint density at radius 2 is 1.95 bits per heavy atom. The highest BCUT2D eigenvalue weighted by Crippen LogP contribution is 2.25. The summed E-state index contributed by atoms with van der Waals surface area (Å²) in [7, 11) is 0. The lowest BCUT2D eigenvalue weighted by Gasteiger charge is -2.36. The SMILES string of the molecule is CCC1CCN(CC(=O)NC2CCCC2)C(C(=O)O)C1. The van der Waals surface area contributed by atoms with Crippen molar-refractivity contribution in [3.63, 3.8) is 0 Å². The van der Waals surface area contributed by atoms with E-state index in [0.29, 0.717) is 24.9 Å². The summed E-state index contributed by atoms with van der Waals surface area (Å²) in [6.07, 6.45) is 7.18. The van der Waals surface area contributed by atoms with Crippen LogP contribution in [-0.4, -0.2) is 47.1 Å². The highest BCUT2D eigenvalue weighted by Gasteiger charge is 2.33. The van der Waals surface area contributed by atoms with E-state index in [1.165, 1.54) is 12.8 Å². The zero-order chi connectivity index (χ0) is 14.5. The Kier molecular flexibility index (Phi) is 5.40. The van der Waals surface area contributed by atoms with Gasteiger partial charge in [-0.3, -0.25) is 14.5 Å². The fraction of sp³-hybridized carbons (Fsp3) is 0.867. The maximum absolute atomic E-state index is 12.0. The zero-order valence-electron chi connectivity index (χ0n) is 12.3. The summed E-state index contributed by atoms with van der Waals surface area (Å²) >= 11 is 0. The van der Waals surface area contributed by atoms with Crippen LogP contribution in [0.2, 0.25) is 0 Å². The maximum Gasteiger partial charge on any atom is 0.320 e. The Labute approximate surface area is 120 Å². The molecule has 2 aliphatic rings. The van der Waals surface area contributed by atoms with Crippen LogP contribution in [0.1, 0.15) is 51.9 Å². The molecule has 0 aromatic carbocycles. The Hall–Kier alpha value is -1.10. The van der Waals surface area contributed by atoms with E-state index < -0.39 is 12.0 Å². The van der Waals surface area contributed by atoms with Crippen LogP contribution in [0, 0.1) is 5.92 Å². The van der Waals surface area contributed by atoms with Crippen LogP contribution in [-0.2, 0) is 9.59 Å². The Balaban J connectivity index is 1.86. The van der Waals surface area contributed by atoms with Gasteiger partial charge in [-0.2, -0.15) is 0 Å². The van der Waals surface area contributed by atoms with E-state index in [9.17, 15) is 14.7 Å². The van der Waals surface area contributed by atoms with Crippen LogP contribution in [0.5, 0.6) is 0 Å². The number of hydrogen-bond donors (Lipinski definition) is 2. The molecule has 1 heterocycles. The van der Waals surface area contributed by atoms with Crippen molar-refractivity contribution >= 4 is 11.9 Å². The number of rotatable bonds is 5. The fourth-order valence-corrected chi connectivity index (χ4v) is 3.43. The number of aliphatic carboxylic acids is 1. The van der Waals surface area contributed by atoms with Gasteiger partial charge >= 0.3 is 5.97 Å². The molecular formula is C15H26N2O3. The minimum atomic E-state index is -0.795. The minimum Gasteiger partial charge on any atom is -0.480 e. The highest BCUT2D eigenvalue weighted by atomic mass is 16.4. The summed E-state index contributed by atoms with van der Waals surface area (Å²) in [6, 6.07) is -0.193. The van der Waals surface area contributed by atoms with Crippen molar-refractivity contribution in [2.24, 2.45) is 5.92 Å². The number of carbonyl (C=O) groups is 2. The molecule has 114 valence electrons. The topological polar surface area (TPSA) is 69.6 Å². The number of nitrogens with one attached hydrogen (secondary N) is 1. The van der Waals surface area contributed by atoms with Crippen LogP contribution >= 0.6 is 0 Å². The van der Waals surface area contributed by atoms with Gasteiger partial charge in [0.05, 0.1) is 6.54 Å². The van der Waals surface area contributed by atoms with Crippen LogP contribution < -0.4 is 5.32 Å². The molecule has 1 amide bonds. The van der Waals surface area contributed by atoms with Crippen LogP contribution in [0.3, 0.4) is 0 Å². The van der Waals surface area contributed by atoms with Gasteiger partial charge in [-0.05, 0) is 38.1 Å². The lowest BCUT2D eigenvalue weighted by molar-refractivity contribution is -0.146. The molecule has 0 radical (unpaired) electrons. The summed E-state index contributed by atoms with van der Waals surface area (Å²) in [5.41, 5.74) is 0. The molecule has 1 aliphatic heterocycles. The molecule has 2 rings (SSSR count). The molecule has 2 unspecified atom stereocenters. The number of likely N-dealkylation sites (tertiary alicyclic amines) is 1. The lowest BCUT2D eigenvalue weighted by atomic mass is 9.89. The van der Waals surface area contributed by atoms with Crippen LogP contribution in [0.25, 0.3) is 0 Å².